The molecule has 0 radical (unpaired) electrons. The third-order valence-corrected chi connectivity index (χ3v) is 12.4. The highest BCUT2D eigenvalue weighted by molar-refractivity contribution is 6.26. The number of nitrogens with zero attached hydrogens (tertiary/aromatic N) is 5. The van der Waals surface area contributed by atoms with E-state index in [2.05, 4.69) is 185 Å². The molecule has 0 aliphatic heterocycles. The fourth-order valence-electron chi connectivity index (χ4n) is 9.47. The molecule has 63 heavy (non-hydrogen) atoms. The summed E-state index contributed by atoms with van der Waals surface area (Å²) in [6.07, 6.45) is 0. The lowest BCUT2D eigenvalue weighted by Crippen LogP contribution is -2.06. The number of hydrogen-bond acceptors (Lipinski definition) is 4. The summed E-state index contributed by atoms with van der Waals surface area (Å²) in [7, 11) is 0. The van der Waals surface area contributed by atoms with Crippen LogP contribution in [0.2, 0.25) is 0 Å². The third-order valence-electron chi connectivity index (χ3n) is 12.4. The second kappa shape index (κ2) is 14.0. The summed E-state index contributed by atoms with van der Waals surface area (Å²) in [4.78, 5) is 15.7. The molecule has 294 valence electrons. The van der Waals surface area contributed by atoms with E-state index < -0.39 is 0 Å². The van der Waals surface area contributed by atoms with Gasteiger partial charge in [-0.1, -0.05) is 176 Å². The van der Waals surface area contributed by atoms with Gasteiger partial charge in [0.25, 0.3) is 0 Å². The van der Waals surface area contributed by atoms with Crippen LogP contribution in [-0.2, 0) is 0 Å². The summed E-state index contributed by atoms with van der Waals surface area (Å²) in [6.45, 7) is 0. The van der Waals surface area contributed by atoms with Gasteiger partial charge in [-0.25, -0.2) is 4.98 Å². The van der Waals surface area contributed by atoms with E-state index in [0.717, 1.165) is 93.7 Å². The molecule has 0 saturated heterocycles. The van der Waals surface area contributed by atoms with Gasteiger partial charge in [0, 0.05) is 49.1 Å². The standard InChI is InChI=1S/C57H35N5O/c1-4-15-36(16-5-1)38-27-29-40(30-28-38)56-58-55(39-19-8-3-9-20-39)59-57(60-56)62-50-26-13-11-24-44(50)46-32-34-48-47-33-31-45-43-23-10-12-25-49(43)61(51(45)53(47)63-54(48)52(46)62)42-22-14-21-41(35-42)37-17-6-2-7-18-37/h1-35H. The van der Waals surface area contributed by atoms with Crippen LogP contribution in [0.25, 0.3) is 122 Å². The molecule has 0 amide bonds. The largest absolute Gasteiger partial charge is 0.452 e. The predicted molar refractivity (Wildman–Crippen MR) is 258 cm³/mol. The normalized spacial score (nSPS) is 11.8. The van der Waals surface area contributed by atoms with Gasteiger partial charge in [-0.3, -0.25) is 4.57 Å². The Labute approximate surface area is 361 Å². The van der Waals surface area contributed by atoms with Gasteiger partial charge in [0.2, 0.25) is 5.95 Å². The molecule has 13 rings (SSSR count). The van der Waals surface area contributed by atoms with Gasteiger partial charge in [-0.05, 0) is 58.7 Å². The van der Waals surface area contributed by atoms with Crippen LogP contribution in [-0.4, -0.2) is 24.1 Å². The lowest BCUT2D eigenvalue weighted by atomic mass is 10.0. The number of rotatable bonds is 6. The van der Waals surface area contributed by atoms with Gasteiger partial charge in [0.1, 0.15) is 5.52 Å². The van der Waals surface area contributed by atoms with Crippen LogP contribution in [0.5, 0.6) is 0 Å². The number of hydrogen-bond donors (Lipinski definition) is 0. The van der Waals surface area contributed by atoms with Gasteiger partial charge < -0.3 is 8.98 Å². The van der Waals surface area contributed by atoms with E-state index >= 15 is 0 Å². The van der Waals surface area contributed by atoms with E-state index in [1.807, 2.05) is 36.4 Å². The van der Waals surface area contributed by atoms with Crippen LogP contribution >= 0.6 is 0 Å². The van der Waals surface area contributed by atoms with Crippen molar-refractivity contribution in [2.75, 3.05) is 0 Å². The molecule has 0 bridgehead atoms. The van der Waals surface area contributed by atoms with E-state index in [0.29, 0.717) is 17.6 Å². The molecular formula is C57H35N5O. The van der Waals surface area contributed by atoms with E-state index in [9.17, 15) is 0 Å². The fourth-order valence-corrected chi connectivity index (χ4v) is 9.47. The summed E-state index contributed by atoms with van der Waals surface area (Å²) in [6, 6.07) is 74.3. The minimum absolute atomic E-state index is 0.516. The van der Waals surface area contributed by atoms with Gasteiger partial charge in [0.15, 0.2) is 22.8 Å². The highest BCUT2D eigenvalue weighted by Crippen LogP contribution is 2.44. The minimum Gasteiger partial charge on any atom is -0.452 e. The number of para-hydroxylation sites is 2. The molecule has 4 aromatic heterocycles. The van der Waals surface area contributed by atoms with Crippen LogP contribution in [0, 0.1) is 0 Å². The smallest absolute Gasteiger partial charge is 0.238 e. The Balaban J connectivity index is 1.09. The Kier molecular flexibility index (Phi) is 7.80. The Hall–Kier alpha value is -8.61. The molecule has 6 nitrogen and oxygen atoms in total. The zero-order valence-corrected chi connectivity index (χ0v) is 33.9. The van der Waals surface area contributed by atoms with Crippen molar-refractivity contribution in [2.24, 2.45) is 0 Å². The number of benzene rings is 9. The molecule has 0 atom stereocenters. The first kappa shape index (κ1) is 35.2. The topological polar surface area (TPSA) is 61.7 Å². The van der Waals surface area contributed by atoms with Gasteiger partial charge in [-0.15, -0.1) is 0 Å². The molecule has 13 aromatic rings. The molecular weight excluding hydrogens is 771 g/mol. The zero-order valence-electron chi connectivity index (χ0n) is 33.9. The first-order valence-electron chi connectivity index (χ1n) is 21.2. The molecule has 0 spiro atoms. The van der Waals surface area contributed by atoms with E-state index in [1.165, 1.54) is 10.9 Å². The summed E-state index contributed by atoms with van der Waals surface area (Å²) < 4.78 is 11.9. The van der Waals surface area contributed by atoms with Crippen molar-refractivity contribution in [1.29, 1.82) is 0 Å². The lowest BCUT2D eigenvalue weighted by molar-refractivity contribution is 0.673. The Morgan fingerprint density at radius 3 is 1.33 bits per heavy atom. The minimum atomic E-state index is 0.516. The lowest BCUT2D eigenvalue weighted by Gasteiger charge is -2.11. The summed E-state index contributed by atoms with van der Waals surface area (Å²) >= 11 is 0. The van der Waals surface area contributed by atoms with Crippen LogP contribution < -0.4 is 0 Å². The maximum absolute atomic E-state index is 7.35. The molecule has 4 heterocycles. The van der Waals surface area contributed by atoms with Crippen molar-refractivity contribution < 1.29 is 4.42 Å². The Bertz CT molecular complexity index is 3890. The van der Waals surface area contributed by atoms with Gasteiger partial charge >= 0.3 is 0 Å². The maximum Gasteiger partial charge on any atom is 0.238 e. The molecule has 0 aliphatic rings. The first-order valence-corrected chi connectivity index (χ1v) is 21.2. The van der Waals surface area contributed by atoms with Crippen LogP contribution in [0.4, 0.5) is 0 Å². The summed E-state index contributed by atoms with van der Waals surface area (Å²) in [5, 5.41) is 6.50. The molecule has 0 fully saturated rings. The van der Waals surface area contributed by atoms with Crippen molar-refractivity contribution in [3.63, 3.8) is 0 Å². The number of furan rings is 1. The average molecular weight is 806 g/mol. The second-order valence-corrected chi connectivity index (χ2v) is 16.0. The summed E-state index contributed by atoms with van der Waals surface area (Å²) in [5.74, 6) is 1.70. The molecule has 0 saturated carbocycles. The van der Waals surface area contributed by atoms with E-state index in [1.54, 1.807) is 0 Å². The fraction of sp³-hybridized carbons (Fsp3) is 0. The quantitative estimate of drug-likeness (QED) is 0.168. The summed E-state index contributed by atoms with van der Waals surface area (Å²) in [5.41, 5.74) is 13.1. The van der Waals surface area contributed by atoms with Crippen LogP contribution in [0.15, 0.2) is 217 Å². The van der Waals surface area contributed by atoms with Crippen molar-refractivity contribution in [2.45, 2.75) is 0 Å². The molecule has 9 aromatic carbocycles. The average Bonchev–Trinajstić information content (AvgIpc) is 4.03. The molecule has 0 aliphatic carbocycles. The second-order valence-electron chi connectivity index (χ2n) is 16.0. The number of fused-ring (bicyclic) bond motifs is 11. The van der Waals surface area contributed by atoms with Crippen molar-refractivity contribution in [3.8, 4) is 56.7 Å². The van der Waals surface area contributed by atoms with Crippen LogP contribution in [0.1, 0.15) is 0 Å². The molecule has 0 unspecified atom stereocenters. The zero-order chi connectivity index (χ0) is 41.4. The highest BCUT2D eigenvalue weighted by atomic mass is 16.3. The third kappa shape index (κ3) is 5.55. The van der Waals surface area contributed by atoms with E-state index in [4.69, 9.17) is 19.4 Å². The van der Waals surface area contributed by atoms with Crippen molar-refractivity contribution >= 4 is 65.6 Å². The van der Waals surface area contributed by atoms with Gasteiger partial charge in [0.05, 0.1) is 16.6 Å². The van der Waals surface area contributed by atoms with E-state index in [-0.39, 0.29) is 0 Å². The Morgan fingerprint density at radius 2 is 0.730 bits per heavy atom. The molecule has 0 N–H and O–H groups in total. The van der Waals surface area contributed by atoms with Crippen LogP contribution in [0.3, 0.4) is 0 Å². The monoisotopic (exact) mass is 805 g/mol. The molecule has 6 heteroatoms. The maximum atomic E-state index is 7.35. The predicted octanol–water partition coefficient (Wildman–Crippen LogP) is 14.6. The first-order chi connectivity index (χ1) is 31.2. The van der Waals surface area contributed by atoms with Crippen molar-refractivity contribution in [1.82, 2.24) is 24.1 Å². The highest BCUT2D eigenvalue weighted by Gasteiger charge is 2.24. The van der Waals surface area contributed by atoms with Crippen molar-refractivity contribution in [3.05, 3.63) is 212 Å². The Morgan fingerprint density at radius 1 is 0.302 bits per heavy atom. The number of aromatic nitrogens is 5. The van der Waals surface area contributed by atoms with Gasteiger partial charge in [-0.2, -0.15) is 9.97 Å². The SMILES string of the molecule is c1ccc(-c2ccc(-c3nc(-c4ccccc4)nc(-n4c5ccccc5c5ccc6c7ccc8c9ccccc9n(-c9cccc(-c%10ccccc%10)c9)c8c7oc6c54)n3)cc2)cc1.